The lowest BCUT2D eigenvalue weighted by Gasteiger charge is -2.17. The van der Waals surface area contributed by atoms with E-state index in [0.29, 0.717) is 0 Å². The van der Waals surface area contributed by atoms with Crippen molar-refractivity contribution in [2.45, 2.75) is 17.7 Å². The van der Waals surface area contributed by atoms with Crippen LogP contribution in [0, 0.1) is 0 Å². The van der Waals surface area contributed by atoms with Gasteiger partial charge < -0.3 is 4.74 Å². The molecule has 0 radical (unpaired) electrons. The molecule has 0 atom stereocenters. The van der Waals surface area contributed by atoms with Crippen molar-refractivity contribution in [2.75, 3.05) is 12.9 Å². The maximum atomic E-state index is 12.7. The van der Waals surface area contributed by atoms with Crippen molar-refractivity contribution >= 4 is 17.5 Å². The second-order valence-corrected chi connectivity index (χ2v) is 5.65. The molecule has 1 aliphatic heterocycles. The Labute approximate surface area is 123 Å². The molecule has 0 N–H and O–H groups in total. The van der Waals surface area contributed by atoms with Crippen molar-refractivity contribution in [2.24, 2.45) is 0 Å². The molecule has 1 heterocycles. The van der Waals surface area contributed by atoms with Crippen molar-refractivity contribution in [1.29, 1.82) is 0 Å². The number of hydrogen-bond acceptors (Lipinski definition) is 3. The molecule has 0 bridgehead atoms. The monoisotopic (exact) mass is 284 g/mol. The lowest BCUT2D eigenvalue weighted by molar-refractivity contribution is 0.103. The molecule has 3 rings (SSSR count). The molecule has 0 aromatic heterocycles. The van der Waals surface area contributed by atoms with E-state index in [-0.39, 0.29) is 5.78 Å². The Hall–Kier alpha value is -1.74. The van der Waals surface area contributed by atoms with Gasteiger partial charge >= 0.3 is 0 Å². The van der Waals surface area contributed by atoms with E-state index in [4.69, 9.17) is 4.74 Å². The molecule has 20 heavy (non-hydrogen) atoms. The van der Waals surface area contributed by atoms with Crippen LogP contribution in [0.15, 0.2) is 47.4 Å². The molecule has 0 spiro atoms. The molecule has 0 aliphatic carbocycles. The maximum absolute atomic E-state index is 12.7. The van der Waals surface area contributed by atoms with Gasteiger partial charge in [0.2, 0.25) is 0 Å². The SMILES string of the molecule is CSc1ccccc1C(=O)c1ccc2c(c1)CCCO2. The Bertz CT molecular complexity index is 649. The molecule has 0 fully saturated rings. The van der Waals surface area contributed by atoms with Crippen LogP contribution in [-0.4, -0.2) is 18.6 Å². The third-order valence-electron chi connectivity index (χ3n) is 3.52. The molecule has 0 saturated heterocycles. The van der Waals surface area contributed by atoms with Crippen molar-refractivity contribution in [3.05, 3.63) is 59.2 Å². The topological polar surface area (TPSA) is 26.3 Å². The standard InChI is InChI=1S/C17H16O2S/c1-20-16-7-3-2-6-14(16)17(18)13-8-9-15-12(11-13)5-4-10-19-15/h2-3,6-9,11H,4-5,10H2,1H3. The zero-order valence-corrected chi connectivity index (χ0v) is 12.2. The molecular weight excluding hydrogens is 268 g/mol. The van der Waals surface area contributed by atoms with Crippen LogP contribution >= 0.6 is 11.8 Å². The largest absolute Gasteiger partial charge is 0.493 e. The number of carbonyl (C=O) groups excluding carboxylic acids is 1. The predicted octanol–water partition coefficient (Wildman–Crippen LogP) is 3.96. The van der Waals surface area contributed by atoms with Gasteiger partial charge in [0.15, 0.2) is 5.78 Å². The number of ether oxygens (including phenoxy) is 1. The zero-order chi connectivity index (χ0) is 13.9. The molecule has 1 aliphatic rings. The number of thioether (sulfide) groups is 1. The minimum atomic E-state index is 0.0864. The lowest BCUT2D eigenvalue weighted by Crippen LogP contribution is -2.10. The van der Waals surface area contributed by atoms with Crippen LogP contribution in [0.4, 0.5) is 0 Å². The van der Waals surface area contributed by atoms with Gasteiger partial charge in [-0.3, -0.25) is 4.79 Å². The summed E-state index contributed by atoms with van der Waals surface area (Å²) < 4.78 is 5.59. The fourth-order valence-corrected chi connectivity index (χ4v) is 3.08. The first-order valence-corrected chi connectivity index (χ1v) is 7.95. The molecule has 3 heteroatoms. The third-order valence-corrected chi connectivity index (χ3v) is 4.32. The Balaban J connectivity index is 1.98. The fraction of sp³-hybridized carbons (Fsp3) is 0.235. The van der Waals surface area contributed by atoms with Gasteiger partial charge in [0.1, 0.15) is 5.75 Å². The van der Waals surface area contributed by atoms with E-state index in [9.17, 15) is 4.79 Å². The quantitative estimate of drug-likeness (QED) is 0.630. The minimum absolute atomic E-state index is 0.0864. The van der Waals surface area contributed by atoms with Crippen molar-refractivity contribution < 1.29 is 9.53 Å². The summed E-state index contributed by atoms with van der Waals surface area (Å²) in [4.78, 5) is 13.7. The molecule has 2 aromatic rings. The van der Waals surface area contributed by atoms with E-state index in [1.807, 2.05) is 48.7 Å². The summed E-state index contributed by atoms with van der Waals surface area (Å²) in [7, 11) is 0. The summed E-state index contributed by atoms with van der Waals surface area (Å²) >= 11 is 1.60. The number of benzene rings is 2. The van der Waals surface area contributed by atoms with E-state index in [2.05, 4.69) is 0 Å². The van der Waals surface area contributed by atoms with Crippen LogP contribution in [0.1, 0.15) is 27.9 Å². The maximum Gasteiger partial charge on any atom is 0.194 e. The number of aryl methyl sites for hydroxylation is 1. The first kappa shape index (κ1) is 13.3. The molecule has 0 unspecified atom stereocenters. The molecule has 0 amide bonds. The van der Waals surface area contributed by atoms with Crippen molar-refractivity contribution in [3.8, 4) is 5.75 Å². The van der Waals surface area contributed by atoms with Gasteiger partial charge in [0.25, 0.3) is 0 Å². The average Bonchev–Trinajstić information content (AvgIpc) is 2.53. The van der Waals surface area contributed by atoms with Gasteiger partial charge in [0, 0.05) is 16.0 Å². The second-order valence-electron chi connectivity index (χ2n) is 4.80. The molecular formula is C17H16O2S. The van der Waals surface area contributed by atoms with Crippen LogP contribution < -0.4 is 4.74 Å². The number of carbonyl (C=O) groups is 1. The summed E-state index contributed by atoms with van der Waals surface area (Å²) in [6.45, 7) is 0.773. The molecule has 2 aromatic carbocycles. The number of fused-ring (bicyclic) bond motifs is 1. The highest BCUT2D eigenvalue weighted by Gasteiger charge is 2.16. The number of rotatable bonds is 3. The predicted molar refractivity (Wildman–Crippen MR) is 81.9 cm³/mol. The van der Waals surface area contributed by atoms with Gasteiger partial charge in [-0.25, -0.2) is 0 Å². The minimum Gasteiger partial charge on any atom is -0.493 e. The number of ketones is 1. The van der Waals surface area contributed by atoms with Crippen LogP contribution in [0.2, 0.25) is 0 Å². The fourth-order valence-electron chi connectivity index (χ4n) is 2.49. The summed E-state index contributed by atoms with van der Waals surface area (Å²) in [6, 6.07) is 13.5. The smallest absolute Gasteiger partial charge is 0.194 e. The van der Waals surface area contributed by atoms with Gasteiger partial charge in [-0.1, -0.05) is 12.1 Å². The van der Waals surface area contributed by atoms with Crippen molar-refractivity contribution in [3.63, 3.8) is 0 Å². The van der Waals surface area contributed by atoms with Gasteiger partial charge in [0.05, 0.1) is 6.61 Å². The van der Waals surface area contributed by atoms with E-state index in [0.717, 1.165) is 46.8 Å². The van der Waals surface area contributed by atoms with Gasteiger partial charge in [-0.05, 0) is 55.0 Å². The molecule has 0 saturated carbocycles. The van der Waals surface area contributed by atoms with E-state index in [1.165, 1.54) is 0 Å². The summed E-state index contributed by atoms with van der Waals surface area (Å²) in [6.07, 6.45) is 4.00. The van der Waals surface area contributed by atoms with Gasteiger partial charge in [-0.15, -0.1) is 11.8 Å². The zero-order valence-electron chi connectivity index (χ0n) is 11.4. The van der Waals surface area contributed by atoms with Gasteiger partial charge in [-0.2, -0.15) is 0 Å². The molecule has 102 valence electrons. The second kappa shape index (κ2) is 5.71. The highest BCUT2D eigenvalue weighted by atomic mass is 32.2. The van der Waals surface area contributed by atoms with Crippen LogP contribution in [0.5, 0.6) is 5.75 Å². The molecule has 2 nitrogen and oxygen atoms in total. The van der Waals surface area contributed by atoms with E-state index < -0.39 is 0 Å². The first-order chi connectivity index (χ1) is 9.79. The average molecular weight is 284 g/mol. The lowest BCUT2D eigenvalue weighted by atomic mass is 9.98. The number of hydrogen-bond donors (Lipinski definition) is 0. The highest BCUT2D eigenvalue weighted by Crippen LogP contribution is 2.28. The van der Waals surface area contributed by atoms with Crippen LogP contribution in [-0.2, 0) is 6.42 Å². The van der Waals surface area contributed by atoms with Crippen molar-refractivity contribution in [1.82, 2.24) is 0 Å². The normalized spacial score (nSPS) is 13.4. The summed E-state index contributed by atoms with van der Waals surface area (Å²) in [5, 5.41) is 0. The van der Waals surface area contributed by atoms with E-state index in [1.54, 1.807) is 11.8 Å². The van der Waals surface area contributed by atoms with Crippen LogP contribution in [0.25, 0.3) is 0 Å². The third kappa shape index (κ3) is 2.46. The Morgan fingerprint density at radius 1 is 1.20 bits per heavy atom. The first-order valence-electron chi connectivity index (χ1n) is 6.73. The Kier molecular flexibility index (Phi) is 3.79. The Morgan fingerprint density at radius 2 is 2.05 bits per heavy atom. The Morgan fingerprint density at radius 3 is 2.90 bits per heavy atom. The summed E-state index contributed by atoms with van der Waals surface area (Å²) in [5.74, 6) is 1.01. The van der Waals surface area contributed by atoms with E-state index >= 15 is 0 Å². The highest BCUT2D eigenvalue weighted by molar-refractivity contribution is 7.98. The summed E-state index contributed by atoms with van der Waals surface area (Å²) in [5.41, 5.74) is 2.66. The van der Waals surface area contributed by atoms with Crippen LogP contribution in [0.3, 0.4) is 0 Å².